The van der Waals surface area contributed by atoms with E-state index in [1.165, 1.54) is 4.88 Å². The maximum absolute atomic E-state index is 11.9. The smallest absolute Gasteiger partial charge is 0.250 e. The van der Waals surface area contributed by atoms with Crippen molar-refractivity contribution in [3.05, 3.63) is 92.5 Å². The molecule has 0 spiro atoms. The van der Waals surface area contributed by atoms with Crippen LogP contribution in [0.1, 0.15) is 29.9 Å². The summed E-state index contributed by atoms with van der Waals surface area (Å²) >= 11 is 1.81. The van der Waals surface area contributed by atoms with Gasteiger partial charge in [-0.1, -0.05) is 43.3 Å². The minimum absolute atomic E-state index is 0. The molecule has 0 aliphatic rings. The molecule has 7 heteroatoms. The molecule has 5 nitrogen and oxygen atoms in total. The summed E-state index contributed by atoms with van der Waals surface area (Å²) in [6.07, 6.45) is 2.89. The minimum atomic E-state index is 0. The number of rotatable bonds is 9. The largest absolute Gasteiger partial charge is 0.357 e. The standard InChI is InChI=1S/C24H30N4OS.HI/c1-3-25-24(26-16-19(2)15-22-7-6-14-30-22)27-17-20-9-11-21(12-10-20)18-28-13-5-4-8-23(28)29;/h4-14,19H,3,15-18H2,1-2H3,(H2,25,26,27);1H. The first-order valence-corrected chi connectivity index (χ1v) is 11.3. The van der Waals surface area contributed by atoms with Gasteiger partial charge in [0.25, 0.3) is 5.56 Å². The van der Waals surface area contributed by atoms with E-state index in [1.807, 2.05) is 23.6 Å². The van der Waals surface area contributed by atoms with Crippen molar-refractivity contribution in [2.75, 3.05) is 13.1 Å². The number of hydrogen-bond donors (Lipinski definition) is 2. The molecule has 0 bridgehead atoms. The first-order valence-electron chi connectivity index (χ1n) is 10.4. The lowest BCUT2D eigenvalue weighted by molar-refractivity contribution is 0.562. The van der Waals surface area contributed by atoms with E-state index in [-0.39, 0.29) is 29.5 Å². The minimum Gasteiger partial charge on any atom is -0.357 e. The molecule has 0 saturated heterocycles. The zero-order valence-corrected chi connectivity index (χ0v) is 21.2. The molecule has 1 atom stereocenters. The second kappa shape index (κ2) is 13.3. The average molecular weight is 551 g/mol. The topological polar surface area (TPSA) is 58.4 Å². The van der Waals surface area contributed by atoms with Crippen LogP contribution in [0.5, 0.6) is 0 Å². The molecule has 1 unspecified atom stereocenters. The van der Waals surface area contributed by atoms with Gasteiger partial charge in [-0.05, 0) is 47.9 Å². The van der Waals surface area contributed by atoms with Crippen LogP contribution in [-0.2, 0) is 19.5 Å². The third-order valence-electron chi connectivity index (χ3n) is 4.79. The van der Waals surface area contributed by atoms with E-state index in [2.05, 4.69) is 66.3 Å². The molecule has 0 aliphatic carbocycles. The van der Waals surface area contributed by atoms with E-state index in [0.29, 0.717) is 19.0 Å². The van der Waals surface area contributed by atoms with Crippen molar-refractivity contribution in [1.29, 1.82) is 0 Å². The highest BCUT2D eigenvalue weighted by molar-refractivity contribution is 14.0. The Morgan fingerprint density at radius 2 is 1.84 bits per heavy atom. The fraction of sp³-hybridized carbons (Fsp3) is 0.333. The fourth-order valence-electron chi connectivity index (χ4n) is 3.17. The van der Waals surface area contributed by atoms with Gasteiger partial charge in [-0.3, -0.25) is 4.79 Å². The molecular formula is C24H31IN4OS. The Bertz CT molecular complexity index is 983. The molecule has 0 aliphatic heterocycles. The molecule has 166 valence electrons. The third-order valence-corrected chi connectivity index (χ3v) is 5.69. The lowest BCUT2D eigenvalue weighted by Gasteiger charge is -2.15. The van der Waals surface area contributed by atoms with E-state index in [1.54, 1.807) is 16.7 Å². The molecule has 0 saturated carbocycles. The number of pyridine rings is 1. The quantitative estimate of drug-likeness (QED) is 0.234. The Morgan fingerprint density at radius 3 is 2.52 bits per heavy atom. The van der Waals surface area contributed by atoms with E-state index < -0.39 is 0 Å². The van der Waals surface area contributed by atoms with Crippen molar-refractivity contribution in [1.82, 2.24) is 15.2 Å². The predicted octanol–water partition coefficient (Wildman–Crippen LogP) is 4.51. The van der Waals surface area contributed by atoms with Crippen molar-refractivity contribution in [2.45, 2.75) is 33.4 Å². The molecule has 31 heavy (non-hydrogen) atoms. The Hall–Kier alpha value is -2.13. The number of thiophene rings is 1. The summed E-state index contributed by atoms with van der Waals surface area (Å²) in [6, 6.07) is 17.8. The lowest BCUT2D eigenvalue weighted by atomic mass is 10.1. The second-order valence-electron chi connectivity index (χ2n) is 7.45. The maximum atomic E-state index is 11.9. The van der Waals surface area contributed by atoms with Gasteiger partial charge in [0.05, 0.1) is 13.1 Å². The predicted molar refractivity (Wildman–Crippen MR) is 142 cm³/mol. The summed E-state index contributed by atoms with van der Waals surface area (Å²) in [4.78, 5) is 18.0. The van der Waals surface area contributed by atoms with Gasteiger partial charge >= 0.3 is 0 Å². The van der Waals surface area contributed by atoms with Crippen LogP contribution in [0.25, 0.3) is 0 Å². The zero-order valence-electron chi connectivity index (χ0n) is 18.1. The number of aliphatic imine (C=N–C) groups is 1. The molecule has 2 heterocycles. The van der Waals surface area contributed by atoms with Gasteiger partial charge in [0.15, 0.2) is 5.96 Å². The Morgan fingerprint density at radius 1 is 1.06 bits per heavy atom. The van der Waals surface area contributed by atoms with Crippen molar-refractivity contribution in [3.8, 4) is 0 Å². The summed E-state index contributed by atoms with van der Waals surface area (Å²) in [7, 11) is 0. The SMILES string of the molecule is CCNC(=NCc1ccc(Cn2ccccc2=O)cc1)NCC(C)Cc1cccs1.I. The number of benzene rings is 1. The van der Waals surface area contributed by atoms with Gasteiger partial charge in [0.1, 0.15) is 0 Å². The maximum Gasteiger partial charge on any atom is 0.250 e. The van der Waals surface area contributed by atoms with Gasteiger partial charge in [-0.15, -0.1) is 35.3 Å². The summed E-state index contributed by atoms with van der Waals surface area (Å²) in [6.45, 7) is 7.24. The van der Waals surface area contributed by atoms with E-state index in [9.17, 15) is 4.79 Å². The molecular weight excluding hydrogens is 519 g/mol. The fourth-order valence-corrected chi connectivity index (χ4v) is 4.04. The summed E-state index contributed by atoms with van der Waals surface area (Å²) in [5.74, 6) is 1.38. The number of aromatic nitrogens is 1. The Kier molecular flexibility index (Phi) is 10.8. The average Bonchev–Trinajstić information content (AvgIpc) is 3.26. The monoisotopic (exact) mass is 550 g/mol. The van der Waals surface area contributed by atoms with Crippen LogP contribution in [0, 0.1) is 5.92 Å². The molecule has 0 fully saturated rings. The molecule has 0 amide bonds. The lowest BCUT2D eigenvalue weighted by Crippen LogP contribution is -2.39. The Labute approximate surface area is 205 Å². The highest BCUT2D eigenvalue weighted by Gasteiger charge is 2.06. The molecule has 0 radical (unpaired) electrons. The summed E-state index contributed by atoms with van der Waals surface area (Å²) < 4.78 is 1.71. The molecule has 1 aromatic carbocycles. The van der Waals surface area contributed by atoms with E-state index in [4.69, 9.17) is 4.99 Å². The molecule has 3 aromatic rings. The van der Waals surface area contributed by atoms with Crippen molar-refractivity contribution in [2.24, 2.45) is 10.9 Å². The molecule has 2 N–H and O–H groups in total. The number of nitrogens with one attached hydrogen (secondary N) is 2. The Balaban J connectivity index is 0.00000341. The van der Waals surface area contributed by atoms with Crippen LogP contribution >= 0.6 is 35.3 Å². The van der Waals surface area contributed by atoms with Gasteiger partial charge in [-0.2, -0.15) is 0 Å². The van der Waals surface area contributed by atoms with Crippen LogP contribution in [0.3, 0.4) is 0 Å². The van der Waals surface area contributed by atoms with Crippen LogP contribution < -0.4 is 16.2 Å². The van der Waals surface area contributed by atoms with Crippen molar-refractivity contribution >= 4 is 41.3 Å². The zero-order chi connectivity index (χ0) is 21.2. The molecule has 3 rings (SSSR count). The van der Waals surface area contributed by atoms with E-state index >= 15 is 0 Å². The van der Waals surface area contributed by atoms with Gasteiger partial charge in [-0.25, -0.2) is 4.99 Å². The van der Waals surface area contributed by atoms with Crippen LogP contribution in [0.4, 0.5) is 0 Å². The summed E-state index contributed by atoms with van der Waals surface area (Å²) in [5, 5.41) is 8.91. The number of hydrogen-bond acceptors (Lipinski definition) is 3. The van der Waals surface area contributed by atoms with Crippen LogP contribution in [0.2, 0.25) is 0 Å². The van der Waals surface area contributed by atoms with Gasteiger partial charge in [0, 0.05) is 30.2 Å². The number of guanidine groups is 1. The summed E-state index contributed by atoms with van der Waals surface area (Å²) in [5.41, 5.74) is 2.26. The first kappa shape index (κ1) is 25.1. The van der Waals surface area contributed by atoms with Gasteiger partial charge in [0.2, 0.25) is 0 Å². The van der Waals surface area contributed by atoms with Gasteiger partial charge < -0.3 is 15.2 Å². The number of nitrogens with zero attached hydrogens (tertiary/aromatic N) is 2. The normalized spacial score (nSPS) is 12.1. The second-order valence-corrected chi connectivity index (χ2v) is 8.48. The van der Waals surface area contributed by atoms with Crippen molar-refractivity contribution < 1.29 is 0 Å². The highest BCUT2D eigenvalue weighted by Crippen LogP contribution is 2.13. The first-order chi connectivity index (χ1) is 14.6. The molecule has 2 aromatic heterocycles. The highest BCUT2D eigenvalue weighted by atomic mass is 127. The van der Waals surface area contributed by atoms with Crippen molar-refractivity contribution in [3.63, 3.8) is 0 Å². The third kappa shape index (κ3) is 8.49. The van der Waals surface area contributed by atoms with E-state index in [0.717, 1.165) is 36.6 Å². The van der Waals surface area contributed by atoms with Crippen LogP contribution in [-0.4, -0.2) is 23.6 Å². The van der Waals surface area contributed by atoms with Crippen LogP contribution in [0.15, 0.2) is 76.0 Å². The number of halogens is 1.